The summed E-state index contributed by atoms with van der Waals surface area (Å²) in [5, 5.41) is 0. The highest BCUT2D eigenvalue weighted by atomic mass is 79.9. The Hall–Kier alpha value is -2.54. The van der Waals surface area contributed by atoms with Gasteiger partial charge in [0, 0.05) is 10.5 Å². The van der Waals surface area contributed by atoms with Crippen molar-refractivity contribution in [2.75, 3.05) is 4.90 Å². The average molecular weight is 447 g/mol. The van der Waals surface area contributed by atoms with Crippen LogP contribution in [0, 0.1) is 5.82 Å². The van der Waals surface area contributed by atoms with Gasteiger partial charge in [0.05, 0.1) is 17.7 Å². The largest absolute Gasteiger partial charge is 0.323 e. The van der Waals surface area contributed by atoms with Gasteiger partial charge >= 0.3 is 0 Å². The summed E-state index contributed by atoms with van der Waals surface area (Å²) in [5.74, 6) is -2.09. The van der Waals surface area contributed by atoms with Crippen molar-refractivity contribution in [2.45, 2.75) is 38.8 Å². The topological polar surface area (TPSA) is 57.7 Å². The predicted molar refractivity (Wildman–Crippen MR) is 107 cm³/mol. The van der Waals surface area contributed by atoms with Crippen molar-refractivity contribution in [1.29, 1.82) is 0 Å². The number of anilines is 1. The maximum Gasteiger partial charge on any atom is 0.257 e. The van der Waals surface area contributed by atoms with E-state index < -0.39 is 23.7 Å². The summed E-state index contributed by atoms with van der Waals surface area (Å²) in [5.41, 5.74) is 0.341. The van der Waals surface area contributed by atoms with E-state index in [9.17, 15) is 18.8 Å². The highest BCUT2D eigenvalue weighted by molar-refractivity contribution is 9.10. The van der Waals surface area contributed by atoms with Crippen LogP contribution in [0.1, 0.15) is 37.0 Å². The van der Waals surface area contributed by atoms with E-state index in [1.54, 1.807) is 37.3 Å². The number of imide groups is 1. The van der Waals surface area contributed by atoms with E-state index in [0.717, 1.165) is 9.37 Å². The van der Waals surface area contributed by atoms with Gasteiger partial charge in [-0.1, -0.05) is 35.0 Å². The first kappa shape index (κ1) is 20.2. The minimum absolute atomic E-state index is 0.106. The Morgan fingerprint density at radius 1 is 1.21 bits per heavy atom. The molecular formula is C21H20BrFN2O3. The third-order valence-electron chi connectivity index (χ3n) is 4.95. The molecule has 1 aliphatic rings. The van der Waals surface area contributed by atoms with Crippen LogP contribution < -0.4 is 4.90 Å². The zero-order valence-electron chi connectivity index (χ0n) is 15.6. The second-order valence-corrected chi connectivity index (χ2v) is 7.63. The second kappa shape index (κ2) is 8.22. The summed E-state index contributed by atoms with van der Waals surface area (Å²) in [6.07, 6.45) is 0.440. The van der Waals surface area contributed by atoms with Crippen LogP contribution in [0.25, 0.3) is 0 Å². The quantitative estimate of drug-likeness (QED) is 0.647. The van der Waals surface area contributed by atoms with Crippen LogP contribution in [0.15, 0.2) is 53.0 Å². The van der Waals surface area contributed by atoms with E-state index in [-0.39, 0.29) is 23.9 Å². The molecular weight excluding hydrogens is 427 g/mol. The van der Waals surface area contributed by atoms with E-state index in [1.807, 2.05) is 6.92 Å². The van der Waals surface area contributed by atoms with Gasteiger partial charge in [0.2, 0.25) is 5.91 Å². The normalized spacial score (nSPS) is 17.7. The molecule has 0 spiro atoms. The molecule has 28 heavy (non-hydrogen) atoms. The van der Waals surface area contributed by atoms with Crippen molar-refractivity contribution in [3.8, 4) is 0 Å². The molecule has 5 nitrogen and oxygen atoms in total. The van der Waals surface area contributed by atoms with Gasteiger partial charge in [-0.15, -0.1) is 0 Å². The molecule has 2 aromatic rings. The molecule has 0 radical (unpaired) electrons. The first-order chi connectivity index (χ1) is 13.3. The van der Waals surface area contributed by atoms with Crippen molar-refractivity contribution in [3.63, 3.8) is 0 Å². The predicted octanol–water partition coefficient (Wildman–Crippen LogP) is 4.16. The molecule has 0 bridgehead atoms. The summed E-state index contributed by atoms with van der Waals surface area (Å²) in [6.45, 7) is 3.67. The van der Waals surface area contributed by atoms with Crippen LogP contribution in [-0.2, 0) is 9.59 Å². The highest BCUT2D eigenvalue weighted by Crippen LogP contribution is 2.29. The summed E-state index contributed by atoms with van der Waals surface area (Å²) >= 11 is 3.32. The summed E-state index contributed by atoms with van der Waals surface area (Å²) < 4.78 is 15.0. The highest BCUT2D eigenvalue weighted by Gasteiger charge is 2.46. The molecule has 0 N–H and O–H groups in total. The Morgan fingerprint density at radius 3 is 2.46 bits per heavy atom. The van der Waals surface area contributed by atoms with Crippen molar-refractivity contribution < 1.29 is 18.8 Å². The Balaban J connectivity index is 1.96. The van der Waals surface area contributed by atoms with Gasteiger partial charge in [-0.05, 0) is 49.7 Å². The zero-order chi connectivity index (χ0) is 20.4. The van der Waals surface area contributed by atoms with E-state index in [4.69, 9.17) is 0 Å². The molecule has 0 aromatic heterocycles. The van der Waals surface area contributed by atoms with E-state index in [1.165, 1.54) is 23.1 Å². The molecule has 7 heteroatoms. The zero-order valence-corrected chi connectivity index (χ0v) is 17.1. The summed E-state index contributed by atoms with van der Waals surface area (Å²) in [7, 11) is 0. The molecule has 2 unspecified atom stereocenters. The number of carbonyl (C=O) groups is 3. The molecule has 0 saturated carbocycles. The third kappa shape index (κ3) is 3.71. The maximum atomic E-state index is 14.2. The number of nitrogens with zero attached hydrogens (tertiary/aromatic N) is 2. The Bertz CT molecular complexity index is 916. The molecule has 0 aliphatic carbocycles. The Morgan fingerprint density at radius 2 is 1.86 bits per heavy atom. The standard InChI is InChI=1S/C21H20BrFN2O3/c1-3-13(2)24(20(27)16-6-4-5-7-17(16)23)18-12-19(26)25(21(18)28)15-10-8-14(22)9-11-15/h4-11,13,18H,3,12H2,1-2H3. The SMILES string of the molecule is CCC(C)N(C(=O)c1ccccc1F)C1CC(=O)N(c2ccc(Br)cc2)C1=O. The average Bonchev–Trinajstić information content (AvgIpc) is 2.97. The molecule has 3 amide bonds. The fourth-order valence-electron chi connectivity index (χ4n) is 3.31. The van der Waals surface area contributed by atoms with Gasteiger partial charge in [0.25, 0.3) is 11.8 Å². The Kier molecular flexibility index (Phi) is 5.93. The van der Waals surface area contributed by atoms with Gasteiger partial charge in [-0.25, -0.2) is 9.29 Å². The van der Waals surface area contributed by atoms with Gasteiger partial charge in [0.1, 0.15) is 11.9 Å². The lowest BCUT2D eigenvalue weighted by molar-refractivity contribution is -0.122. The van der Waals surface area contributed by atoms with Crippen LogP contribution in [0.5, 0.6) is 0 Å². The minimum atomic E-state index is -0.960. The molecule has 1 aliphatic heterocycles. The van der Waals surface area contributed by atoms with Gasteiger partial charge in [-0.2, -0.15) is 0 Å². The number of rotatable bonds is 5. The molecule has 2 atom stereocenters. The smallest absolute Gasteiger partial charge is 0.257 e. The molecule has 146 valence electrons. The number of carbonyl (C=O) groups excluding carboxylic acids is 3. The molecule has 2 aromatic carbocycles. The van der Waals surface area contributed by atoms with Crippen LogP contribution in [-0.4, -0.2) is 34.7 Å². The lowest BCUT2D eigenvalue weighted by Crippen LogP contribution is -2.50. The fraction of sp³-hybridized carbons (Fsp3) is 0.286. The minimum Gasteiger partial charge on any atom is -0.323 e. The lowest BCUT2D eigenvalue weighted by Gasteiger charge is -2.33. The number of hydrogen-bond acceptors (Lipinski definition) is 3. The monoisotopic (exact) mass is 446 g/mol. The second-order valence-electron chi connectivity index (χ2n) is 6.71. The molecule has 1 fully saturated rings. The number of amides is 3. The van der Waals surface area contributed by atoms with Crippen LogP contribution in [0.4, 0.5) is 10.1 Å². The van der Waals surface area contributed by atoms with Gasteiger partial charge in [0.15, 0.2) is 0 Å². The third-order valence-corrected chi connectivity index (χ3v) is 5.48. The lowest BCUT2D eigenvalue weighted by atomic mass is 10.1. The van der Waals surface area contributed by atoms with E-state index in [0.29, 0.717) is 12.1 Å². The van der Waals surface area contributed by atoms with Crippen molar-refractivity contribution >= 4 is 39.3 Å². The van der Waals surface area contributed by atoms with Crippen LogP contribution in [0.2, 0.25) is 0 Å². The van der Waals surface area contributed by atoms with E-state index in [2.05, 4.69) is 15.9 Å². The molecule has 3 rings (SSSR count). The number of benzene rings is 2. The van der Waals surface area contributed by atoms with Gasteiger partial charge < -0.3 is 4.90 Å². The van der Waals surface area contributed by atoms with Crippen LogP contribution >= 0.6 is 15.9 Å². The molecule has 1 saturated heterocycles. The summed E-state index contributed by atoms with van der Waals surface area (Å²) in [6, 6.07) is 11.2. The fourth-order valence-corrected chi connectivity index (χ4v) is 3.58. The Labute approximate surface area is 171 Å². The van der Waals surface area contributed by atoms with E-state index >= 15 is 0 Å². The van der Waals surface area contributed by atoms with Crippen molar-refractivity contribution in [3.05, 3.63) is 64.4 Å². The van der Waals surface area contributed by atoms with Crippen LogP contribution in [0.3, 0.4) is 0 Å². The summed E-state index contributed by atoms with van der Waals surface area (Å²) in [4.78, 5) is 41.2. The molecule has 1 heterocycles. The first-order valence-electron chi connectivity index (χ1n) is 9.04. The number of hydrogen-bond donors (Lipinski definition) is 0. The van der Waals surface area contributed by atoms with Crippen molar-refractivity contribution in [2.24, 2.45) is 0 Å². The maximum absolute atomic E-state index is 14.2. The van der Waals surface area contributed by atoms with Crippen molar-refractivity contribution in [1.82, 2.24) is 4.90 Å². The first-order valence-corrected chi connectivity index (χ1v) is 9.84. The number of halogens is 2. The van der Waals surface area contributed by atoms with Gasteiger partial charge in [-0.3, -0.25) is 14.4 Å².